The van der Waals surface area contributed by atoms with Crippen LogP contribution in [0, 0.1) is 5.92 Å². The van der Waals surface area contributed by atoms with Crippen molar-refractivity contribution >= 4 is 45.1 Å². The number of nitrogens with one attached hydrogen (secondary N) is 1. The van der Waals surface area contributed by atoms with E-state index in [1.807, 2.05) is 19.9 Å². The number of halogens is 1. The van der Waals surface area contributed by atoms with Gasteiger partial charge in [-0.1, -0.05) is 25.4 Å². The van der Waals surface area contributed by atoms with E-state index in [2.05, 4.69) is 10.3 Å². The van der Waals surface area contributed by atoms with Gasteiger partial charge in [0.15, 0.2) is 16.3 Å². The summed E-state index contributed by atoms with van der Waals surface area (Å²) in [5.74, 6) is 0.407. The second-order valence-corrected chi connectivity index (χ2v) is 10.0. The summed E-state index contributed by atoms with van der Waals surface area (Å²) >= 11 is 7.56. The summed E-state index contributed by atoms with van der Waals surface area (Å²) in [7, 11) is 4.22. The maximum absolute atomic E-state index is 12.8. The standard InChI is InChI=1S/C23H25ClN6O5S/c1-12(2)10-35-16-7-6-13(8-14(16)24)15-11-36-21(25-15)26-17(31)9-30-18-19(28(4)23(30)34)27(3)22(33)29(5)20(18)32/h6-8,11-12H,9-10H2,1-5H3,(H,25,26,31). The van der Waals surface area contributed by atoms with Crippen LogP contribution in [0.1, 0.15) is 13.8 Å². The average Bonchev–Trinajstić information content (AvgIpc) is 3.39. The lowest BCUT2D eigenvalue weighted by Gasteiger charge is -2.10. The van der Waals surface area contributed by atoms with Crippen molar-refractivity contribution < 1.29 is 9.53 Å². The van der Waals surface area contributed by atoms with Crippen LogP contribution < -0.4 is 27.0 Å². The first-order chi connectivity index (χ1) is 17.0. The number of ether oxygens (including phenoxy) is 1. The van der Waals surface area contributed by atoms with Crippen molar-refractivity contribution in [2.24, 2.45) is 27.1 Å². The van der Waals surface area contributed by atoms with Crippen LogP contribution in [0.15, 0.2) is 38.0 Å². The van der Waals surface area contributed by atoms with E-state index in [-0.39, 0.29) is 11.2 Å². The number of aryl methyl sites for hydroxylation is 2. The molecular weight excluding hydrogens is 508 g/mol. The molecular formula is C23H25ClN6O5S. The summed E-state index contributed by atoms with van der Waals surface area (Å²) in [4.78, 5) is 55.0. The molecule has 4 aromatic rings. The number of anilines is 1. The summed E-state index contributed by atoms with van der Waals surface area (Å²) in [5, 5.41) is 5.21. The molecule has 1 aromatic carbocycles. The highest BCUT2D eigenvalue weighted by Crippen LogP contribution is 2.32. The predicted molar refractivity (Wildman–Crippen MR) is 139 cm³/mol. The fraction of sp³-hybridized carbons (Fsp3) is 0.348. The molecule has 0 atom stereocenters. The second kappa shape index (κ2) is 9.78. The highest BCUT2D eigenvalue weighted by atomic mass is 35.5. The smallest absolute Gasteiger partial charge is 0.332 e. The molecule has 0 bridgehead atoms. The molecule has 0 radical (unpaired) electrons. The van der Waals surface area contributed by atoms with Gasteiger partial charge in [0.05, 0.1) is 17.3 Å². The van der Waals surface area contributed by atoms with Crippen molar-refractivity contribution in [2.45, 2.75) is 20.4 Å². The van der Waals surface area contributed by atoms with Gasteiger partial charge in [0.1, 0.15) is 12.3 Å². The third kappa shape index (κ3) is 4.61. The van der Waals surface area contributed by atoms with Gasteiger partial charge in [0, 0.05) is 32.1 Å². The van der Waals surface area contributed by atoms with Crippen molar-refractivity contribution in [1.29, 1.82) is 0 Å². The summed E-state index contributed by atoms with van der Waals surface area (Å²) in [6, 6.07) is 5.35. The Bertz CT molecular complexity index is 1660. The van der Waals surface area contributed by atoms with Gasteiger partial charge < -0.3 is 10.1 Å². The van der Waals surface area contributed by atoms with E-state index < -0.39 is 29.4 Å². The van der Waals surface area contributed by atoms with E-state index in [9.17, 15) is 19.2 Å². The lowest BCUT2D eigenvalue weighted by molar-refractivity contribution is -0.116. The zero-order valence-electron chi connectivity index (χ0n) is 20.4. The van der Waals surface area contributed by atoms with Gasteiger partial charge in [-0.05, 0) is 24.1 Å². The molecule has 0 unspecified atom stereocenters. The van der Waals surface area contributed by atoms with Crippen LogP contribution in [0.4, 0.5) is 5.13 Å². The minimum Gasteiger partial charge on any atom is -0.492 e. The topological polar surface area (TPSA) is 122 Å². The molecule has 0 fully saturated rings. The number of rotatable bonds is 7. The van der Waals surface area contributed by atoms with Crippen LogP contribution >= 0.6 is 22.9 Å². The minimum atomic E-state index is -0.659. The van der Waals surface area contributed by atoms with E-state index >= 15 is 0 Å². The fourth-order valence-electron chi connectivity index (χ4n) is 3.75. The van der Waals surface area contributed by atoms with Crippen LogP contribution in [-0.2, 0) is 32.5 Å². The monoisotopic (exact) mass is 532 g/mol. The molecule has 0 spiro atoms. The van der Waals surface area contributed by atoms with Crippen molar-refractivity contribution in [1.82, 2.24) is 23.3 Å². The Balaban J connectivity index is 1.56. The van der Waals surface area contributed by atoms with Crippen LogP contribution in [-0.4, -0.2) is 35.8 Å². The Morgan fingerprint density at radius 3 is 2.47 bits per heavy atom. The Labute approximate surface area is 214 Å². The molecule has 3 aromatic heterocycles. The van der Waals surface area contributed by atoms with Crippen molar-refractivity contribution in [3.63, 3.8) is 0 Å². The van der Waals surface area contributed by atoms with Crippen LogP contribution in [0.25, 0.3) is 22.4 Å². The van der Waals surface area contributed by atoms with Gasteiger partial charge >= 0.3 is 11.4 Å². The van der Waals surface area contributed by atoms with Crippen molar-refractivity contribution in [2.75, 3.05) is 11.9 Å². The Hall–Kier alpha value is -3.64. The number of hydrogen-bond acceptors (Lipinski definition) is 7. The molecule has 0 aliphatic heterocycles. The van der Waals surface area contributed by atoms with Gasteiger partial charge in [-0.2, -0.15) is 0 Å². The van der Waals surface area contributed by atoms with Crippen LogP contribution in [0.2, 0.25) is 5.02 Å². The van der Waals surface area contributed by atoms with E-state index in [0.717, 1.165) is 14.7 Å². The number of carbonyl (C=O) groups excluding carboxylic acids is 1. The molecule has 0 saturated heterocycles. The average molecular weight is 533 g/mol. The number of imidazole rings is 1. The third-order valence-electron chi connectivity index (χ3n) is 5.57. The van der Waals surface area contributed by atoms with Gasteiger partial charge in [-0.25, -0.2) is 14.6 Å². The molecule has 1 N–H and O–H groups in total. The number of hydrogen-bond donors (Lipinski definition) is 1. The largest absolute Gasteiger partial charge is 0.492 e. The highest BCUT2D eigenvalue weighted by molar-refractivity contribution is 7.14. The third-order valence-corrected chi connectivity index (χ3v) is 6.62. The van der Waals surface area contributed by atoms with Crippen LogP contribution in [0.5, 0.6) is 5.75 Å². The van der Waals surface area contributed by atoms with E-state index in [0.29, 0.717) is 34.1 Å². The van der Waals surface area contributed by atoms with Crippen molar-refractivity contribution in [3.8, 4) is 17.0 Å². The quantitative estimate of drug-likeness (QED) is 0.389. The van der Waals surface area contributed by atoms with Gasteiger partial charge in [-0.15, -0.1) is 11.3 Å². The molecule has 36 heavy (non-hydrogen) atoms. The molecule has 3 heterocycles. The predicted octanol–water partition coefficient (Wildman–Crippen LogP) is 2.19. The first kappa shape index (κ1) is 25.5. The molecule has 0 aliphatic carbocycles. The SMILES string of the molecule is CC(C)COc1ccc(-c2csc(NC(=O)Cn3c(=O)n(C)c4c3c(=O)n(C)c(=O)n4C)n2)cc1Cl. The first-order valence-corrected chi connectivity index (χ1v) is 12.3. The summed E-state index contributed by atoms with van der Waals surface area (Å²) in [6.45, 7) is 4.22. The zero-order chi connectivity index (χ0) is 26.3. The van der Waals surface area contributed by atoms with Crippen LogP contribution in [0.3, 0.4) is 0 Å². The molecule has 0 saturated carbocycles. The van der Waals surface area contributed by atoms with E-state index in [4.69, 9.17) is 16.3 Å². The molecule has 0 aliphatic rings. The van der Waals surface area contributed by atoms with Gasteiger partial charge in [0.2, 0.25) is 5.91 Å². The first-order valence-electron chi connectivity index (χ1n) is 11.0. The molecule has 190 valence electrons. The minimum absolute atomic E-state index is 0.0310. The molecule has 13 heteroatoms. The van der Waals surface area contributed by atoms with E-state index in [1.165, 1.54) is 41.6 Å². The Morgan fingerprint density at radius 2 is 1.81 bits per heavy atom. The number of nitrogens with zero attached hydrogens (tertiary/aromatic N) is 5. The molecule has 11 nitrogen and oxygen atoms in total. The maximum Gasteiger partial charge on any atom is 0.332 e. The summed E-state index contributed by atoms with van der Waals surface area (Å²) < 4.78 is 10.0. The number of amides is 1. The summed E-state index contributed by atoms with van der Waals surface area (Å²) in [5.41, 5.74) is -0.353. The normalized spacial score (nSPS) is 11.4. The number of benzene rings is 1. The fourth-order valence-corrected chi connectivity index (χ4v) is 4.72. The van der Waals surface area contributed by atoms with Gasteiger partial charge in [0.25, 0.3) is 5.56 Å². The Morgan fingerprint density at radius 1 is 1.11 bits per heavy atom. The lowest BCUT2D eigenvalue weighted by atomic mass is 10.1. The Kier molecular flexibility index (Phi) is 6.92. The van der Waals surface area contributed by atoms with Crippen molar-refractivity contribution in [3.05, 3.63) is 59.9 Å². The second-order valence-electron chi connectivity index (χ2n) is 8.74. The number of carbonyl (C=O) groups is 1. The number of aromatic nitrogens is 5. The zero-order valence-corrected chi connectivity index (χ0v) is 21.9. The molecule has 4 rings (SSSR count). The molecule has 1 amide bonds. The maximum atomic E-state index is 12.8. The highest BCUT2D eigenvalue weighted by Gasteiger charge is 2.21. The number of fused-ring (bicyclic) bond motifs is 1. The number of thiazole rings is 1. The lowest BCUT2D eigenvalue weighted by Crippen LogP contribution is -2.38. The van der Waals surface area contributed by atoms with Gasteiger partial charge in [-0.3, -0.25) is 27.9 Å². The summed E-state index contributed by atoms with van der Waals surface area (Å²) in [6.07, 6.45) is 0. The van der Waals surface area contributed by atoms with E-state index in [1.54, 1.807) is 17.5 Å².